The number of hydrogen-bond acceptors (Lipinski definition) is 5. The molecule has 0 N–H and O–H groups in total. The maximum atomic E-state index is 11.6. The van der Waals surface area contributed by atoms with Gasteiger partial charge >= 0.3 is 11.7 Å². The first-order valence-electron chi connectivity index (χ1n) is 5.45. The molecular weight excluding hydrogens is 238 g/mol. The van der Waals surface area contributed by atoms with Crippen LogP contribution in [0.25, 0.3) is 11.1 Å². The summed E-state index contributed by atoms with van der Waals surface area (Å²) < 4.78 is 15.9. The molecule has 6 nitrogen and oxygen atoms in total. The molecule has 0 saturated heterocycles. The first-order chi connectivity index (χ1) is 8.72. The van der Waals surface area contributed by atoms with Gasteiger partial charge in [0.15, 0.2) is 5.58 Å². The lowest BCUT2D eigenvalue weighted by Gasteiger charge is -2.04. The van der Waals surface area contributed by atoms with Crippen LogP contribution in [0.15, 0.2) is 33.5 Å². The summed E-state index contributed by atoms with van der Waals surface area (Å²) in [4.78, 5) is 23.1. The van der Waals surface area contributed by atoms with Crippen molar-refractivity contribution in [3.8, 4) is 0 Å². The van der Waals surface area contributed by atoms with E-state index in [4.69, 9.17) is 13.9 Å². The number of fused-ring (bicyclic) bond motifs is 1. The van der Waals surface area contributed by atoms with Crippen molar-refractivity contribution in [2.45, 2.75) is 6.54 Å². The number of esters is 1. The monoisotopic (exact) mass is 251 g/mol. The van der Waals surface area contributed by atoms with Gasteiger partial charge in [0.05, 0.1) is 12.1 Å². The van der Waals surface area contributed by atoms with Crippen molar-refractivity contribution < 1.29 is 18.7 Å². The van der Waals surface area contributed by atoms with Gasteiger partial charge in [-0.15, -0.1) is 0 Å². The minimum absolute atomic E-state index is 0.167. The number of oxazole rings is 1. The van der Waals surface area contributed by atoms with Crippen LogP contribution in [0.2, 0.25) is 0 Å². The zero-order valence-electron chi connectivity index (χ0n) is 9.92. The maximum absolute atomic E-state index is 11.6. The van der Waals surface area contributed by atoms with E-state index in [0.29, 0.717) is 17.7 Å². The van der Waals surface area contributed by atoms with Crippen molar-refractivity contribution >= 4 is 17.1 Å². The largest absolute Gasteiger partial charge is 0.462 e. The SMILES string of the molecule is COCCOC(=O)Cn1c(=O)oc2ccccc21. The molecule has 96 valence electrons. The molecule has 0 fully saturated rings. The van der Waals surface area contributed by atoms with Crippen LogP contribution in [0.5, 0.6) is 0 Å². The molecule has 0 atom stereocenters. The third kappa shape index (κ3) is 2.60. The Morgan fingerprint density at radius 2 is 2.11 bits per heavy atom. The molecule has 1 aromatic heterocycles. The summed E-state index contributed by atoms with van der Waals surface area (Å²) in [6.45, 7) is 0.326. The summed E-state index contributed by atoms with van der Waals surface area (Å²) in [7, 11) is 1.52. The molecule has 0 unspecified atom stereocenters. The smallest absolute Gasteiger partial charge is 0.420 e. The fourth-order valence-electron chi connectivity index (χ4n) is 1.58. The highest BCUT2D eigenvalue weighted by atomic mass is 16.6. The number of carbonyl (C=O) groups excluding carboxylic acids is 1. The quantitative estimate of drug-likeness (QED) is 0.580. The molecule has 1 heterocycles. The second-order valence-corrected chi connectivity index (χ2v) is 3.64. The number of hydrogen-bond donors (Lipinski definition) is 0. The Morgan fingerprint density at radius 3 is 2.89 bits per heavy atom. The molecule has 0 bridgehead atoms. The predicted octanol–water partition coefficient (Wildman–Crippen LogP) is 0.784. The molecule has 18 heavy (non-hydrogen) atoms. The van der Waals surface area contributed by atoms with E-state index in [1.165, 1.54) is 11.7 Å². The maximum Gasteiger partial charge on any atom is 0.420 e. The summed E-state index contributed by atoms with van der Waals surface area (Å²) in [6, 6.07) is 6.91. The highest BCUT2D eigenvalue weighted by Gasteiger charge is 2.12. The average Bonchev–Trinajstić information content (AvgIpc) is 2.67. The number of benzene rings is 1. The average molecular weight is 251 g/mol. The van der Waals surface area contributed by atoms with Crippen LogP contribution in [-0.2, 0) is 20.8 Å². The molecule has 6 heteroatoms. The standard InChI is InChI=1S/C12H13NO5/c1-16-6-7-17-11(14)8-13-9-4-2-3-5-10(9)18-12(13)15/h2-5H,6-8H2,1H3. The van der Waals surface area contributed by atoms with Crippen molar-refractivity contribution in [2.75, 3.05) is 20.3 Å². The Hall–Kier alpha value is -2.08. The fraction of sp³-hybridized carbons (Fsp3) is 0.333. The van der Waals surface area contributed by atoms with Gasteiger partial charge in [-0.1, -0.05) is 12.1 Å². The van der Waals surface area contributed by atoms with E-state index in [2.05, 4.69) is 0 Å². The molecule has 2 aromatic rings. The van der Waals surface area contributed by atoms with Crippen molar-refractivity contribution in [1.82, 2.24) is 4.57 Å². The molecule has 0 spiro atoms. The van der Waals surface area contributed by atoms with Crippen LogP contribution >= 0.6 is 0 Å². The summed E-state index contributed by atoms with van der Waals surface area (Å²) in [5.74, 6) is -1.07. The Morgan fingerprint density at radius 1 is 1.33 bits per heavy atom. The normalized spacial score (nSPS) is 10.7. The first-order valence-corrected chi connectivity index (χ1v) is 5.45. The number of rotatable bonds is 5. The van der Waals surface area contributed by atoms with Gasteiger partial charge in [-0.25, -0.2) is 4.79 Å². The van der Waals surface area contributed by atoms with Gasteiger partial charge in [0.1, 0.15) is 13.2 Å². The zero-order valence-corrected chi connectivity index (χ0v) is 9.92. The van der Waals surface area contributed by atoms with Crippen molar-refractivity contribution in [3.63, 3.8) is 0 Å². The molecule has 0 aliphatic rings. The minimum Gasteiger partial charge on any atom is -0.462 e. The third-order valence-corrected chi connectivity index (χ3v) is 2.41. The van der Waals surface area contributed by atoms with Crippen LogP contribution in [0.4, 0.5) is 0 Å². The Labute approximate surface area is 103 Å². The lowest BCUT2D eigenvalue weighted by atomic mass is 10.3. The number of aromatic nitrogens is 1. The van der Waals surface area contributed by atoms with Crippen LogP contribution in [-0.4, -0.2) is 30.9 Å². The molecule has 0 radical (unpaired) electrons. The molecular formula is C12H13NO5. The van der Waals surface area contributed by atoms with E-state index in [1.54, 1.807) is 24.3 Å². The van der Waals surface area contributed by atoms with Gasteiger partial charge in [-0.05, 0) is 12.1 Å². The Bertz CT molecular complexity index is 598. The van der Waals surface area contributed by atoms with Gasteiger partial charge in [0.25, 0.3) is 0 Å². The van der Waals surface area contributed by atoms with Crippen LogP contribution in [0, 0.1) is 0 Å². The minimum atomic E-state index is -0.570. The highest BCUT2D eigenvalue weighted by Crippen LogP contribution is 2.11. The second kappa shape index (κ2) is 5.50. The van der Waals surface area contributed by atoms with Gasteiger partial charge in [-0.3, -0.25) is 9.36 Å². The Balaban J connectivity index is 2.14. The van der Waals surface area contributed by atoms with Crippen LogP contribution in [0.1, 0.15) is 0 Å². The predicted molar refractivity (Wildman–Crippen MR) is 63.3 cm³/mol. The first kappa shape index (κ1) is 12.4. The van der Waals surface area contributed by atoms with Gasteiger partial charge in [-0.2, -0.15) is 0 Å². The van der Waals surface area contributed by atoms with Crippen molar-refractivity contribution in [3.05, 3.63) is 34.8 Å². The zero-order chi connectivity index (χ0) is 13.0. The highest BCUT2D eigenvalue weighted by molar-refractivity contribution is 5.76. The van der Waals surface area contributed by atoms with E-state index >= 15 is 0 Å². The fourth-order valence-corrected chi connectivity index (χ4v) is 1.58. The van der Waals surface area contributed by atoms with Crippen molar-refractivity contribution in [2.24, 2.45) is 0 Å². The van der Waals surface area contributed by atoms with E-state index in [0.717, 1.165) is 0 Å². The Kier molecular flexibility index (Phi) is 3.78. The molecule has 2 rings (SSSR count). The van der Waals surface area contributed by atoms with E-state index in [1.807, 2.05) is 0 Å². The summed E-state index contributed by atoms with van der Waals surface area (Å²) >= 11 is 0. The molecule has 1 aromatic carbocycles. The number of para-hydroxylation sites is 2. The van der Waals surface area contributed by atoms with Crippen LogP contribution < -0.4 is 5.76 Å². The van der Waals surface area contributed by atoms with E-state index < -0.39 is 11.7 Å². The van der Waals surface area contributed by atoms with Crippen LogP contribution in [0.3, 0.4) is 0 Å². The molecule has 0 aliphatic heterocycles. The number of nitrogens with zero attached hydrogens (tertiary/aromatic N) is 1. The number of carbonyl (C=O) groups is 1. The lowest BCUT2D eigenvalue weighted by molar-refractivity contribution is -0.145. The second-order valence-electron chi connectivity index (χ2n) is 3.64. The number of ether oxygens (including phenoxy) is 2. The summed E-state index contributed by atoms with van der Waals surface area (Å²) in [5.41, 5.74) is 1.03. The molecule has 0 aliphatic carbocycles. The summed E-state index contributed by atoms with van der Waals surface area (Å²) in [6.07, 6.45) is 0. The summed E-state index contributed by atoms with van der Waals surface area (Å²) in [5, 5.41) is 0. The van der Waals surface area contributed by atoms with Crippen molar-refractivity contribution in [1.29, 1.82) is 0 Å². The molecule has 0 saturated carbocycles. The van der Waals surface area contributed by atoms with E-state index in [9.17, 15) is 9.59 Å². The van der Waals surface area contributed by atoms with Gasteiger partial charge < -0.3 is 13.9 Å². The van der Waals surface area contributed by atoms with Gasteiger partial charge in [0, 0.05) is 7.11 Å². The van der Waals surface area contributed by atoms with Gasteiger partial charge in [0.2, 0.25) is 0 Å². The lowest BCUT2D eigenvalue weighted by Crippen LogP contribution is -2.22. The topological polar surface area (TPSA) is 70.7 Å². The van der Waals surface area contributed by atoms with E-state index in [-0.39, 0.29) is 13.2 Å². The number of methoxy groups -OCH3 is 1. The third-order valence-electron chi connectivity index (χ3n) is 2.41. The molecule has 0 amide bonds.